The molecule has 344 valence electrons. The highest BCUT2D eigenvalue weighted by atomic mass is 32.2. The highest BCUT2D eigenvalue weighted by Gasteiger charge is 2.38. The maximum absolute atomic E-state index is 12.9. The number of aromatic nitrogens is 3. The number of carbonyl (C=O) groups is 2. The third-order valence-electron chi connectivity index (χ3n) is 11.8. The highest BCUT2D eigenvalue weighted by Crippen LogP contribution is 2.37. The molecular weight excluding hydrogens is 869 g/mol. The van der Waals surface area contributed by atoms with Crippen LogP contribution < -0.4 is 30.4 Å². The van der Waals surface area contributed by atoms with Crippen LogP contribution in [0.5, 0.6) is 11.5 Å². The maximum atomic E-state index is 12.9. The molecule has 0 saturated heterocycles. The number of rotatable bonds is 19. The van der Waals surface area contributed by atoms with E-state index in [0.717, 1.165) is 92.6 Å². The first kappa shape index (κ1) is 46.4. The van der Waals surface area contributed by atoms with Crippen LogP contribution in [0.2, 0.25) is 0 Å². The number of methoxy groups -OCH3 is 2. The van der Waals surface area contributed by atoms with E-state index in [1.54, 1.807) is 14.2 Å². The lowest BCUT2D eigenvalue weighted by atomic mass is 9.99. The van der Waals surface area contributed by atoms with E-state index < -0.39 is 12.1 Å². The molecule has 4 aromatic carbocycles. The number of hydrogen-bond acceptors (Lipinski definition) is 13. The first-order chi connectivity index (χ1) is 32.2. The quantitative estimate of drug-likeness (QED) is 0.0544. The number of amidine groups is 1. The van der Waals surface area contributed by atoms with E-state index in [9.17, 15) is 9.59 Å². The zero-order valence-electron chi connectivity index (χ0n) is 38.5. The fraction of sp³-hybridized carbons (Fsp3) is 0.380. The van der Waals surface area contributed by atoms with Crippen LogP contribution in [0.15, 0.2) is 110 Å². The summed E-state index contributed by atoms with van der Waals surface area (Å²) in [7, 11) is 3.33. The van der Waals surface area contributed by atoms with Gasteiger partial charge < -0.3 is 25.0 Å². The van der Waals surface area contributed by atoms with E-state index >= 15 is 0 Å². The number of aryl methyl sites for hydroxylation is 1. The summed E-state index contributed by atoms with van der Waals surface area (Å²) >= 11 is 3.75. The lowest BCUT2D eigenvalue weighted by molar-refractivity contribution is -0.122. The number of ether oxygens (including phenoxy) is 2. The molecule has 2 amide bonds. The van der Waals surface area contributed by atoms with Crippen LogP contribution >= 0.6 is 23.5 Å². The number of fused-ring (bicyclic) bond motifs is 6. The Labute approximate surface area is 395 Å². The Hall–Kier alpha value is -6.13. The minimum atomic E-state index is -0.506. The van der Waals surface area contributed by atoms with Crippen LogP contribution in [-0.2, 0) is 9.59 Å². The number of aliphatic imine (C=N–C) groups is 2. The van der Waals surface area contributed by atoms with Crippen LogP contribution in [0, 0.1) is 6.92 Å². The zero-order valence-corrected chi connectivity index (χ0v) is 40.1. The van der Waals surface area contributed by atoms with E-state index in [4.69, 9.17) is 19.5 Å². The minimum absolute atomic E-state index is 0.0580. The average molecular weight is 927 g/mol. The summed E-state index contributed by atoms with van der Waals surface area (Å²) in [6.07, 6.45) is 4.90. The summed E-state index contributed by atoms with van der Waals surface area (Å²) in [6, 6.07) is 28.2. The molecule has 3 aliphatic heterocycles. The van der Waals surface area contributed by atoms with Crippen molar-refractivity contribution in [1.29, 1.82) is 0 Å². The average Bonchev–Trinajstić information content (AvgIpc) is 3.83. The number of carbonyl (C=O) groups excluding carboxylic acids is 2. The molecule has 8 rings (SSSR count). The van der Waals surface area contributed by atoms with Crippen LogP contribution in [-0.4, -0.2) is 94.9 Å². The number of hydrogen-bond donors (Lipinski definition) is 3. The van der Waals surface area contributed by atoms with E-state index in [0.29, 0.717) is 18.9 Å². The second-order valence-corrected chi connectivity index (χ2v) is 18.7. The number of nitrogens with zero attached hydrogens (tertiary/aromatic N) is 7. The van der Waals surface area contributed by atoms with Gasteiger partial charge >= 0.3 is 0 Å². The topological polar surface area (TPSA) is 160 Å². The molecule has 3 unspecified atom stereocenters. The van der Waals surface area contributed by atoms with Crippen molar-refractivity contribution in [3.8, 4) is 17.2 Å². The number of benzene rings is 4. The number of nitrogens with one attached hydrogen (secondary N) is 3. The first-order valence-electron chi connectivity index (χ1n) is 22.8. The van der Waals surface area contributed by atoms with Gasteiger partial charge in [0.1, 0.15) is 35.6 Å². The van der Waals surface area contributed by atoms with Crippen LogP contribution in [0.1, 0.15) is 99.2 Å². The molecule has 66 heavy (non-hydrogen) atoms. The SMILES string of the molecule is CCNC(=O)CC1N=C(c2ccc(SCCCCCCSc3ccc(C4=NC(CC(=O)NCC)c5nnc(C)n5-c5ccc(OC)cc54)cc3)cc2)c2cc(OC)ccc2N2C1=NNC2C. The van der Waals surface area contributed by atoms with E-state index in [1.807, 2.05) is 85.3 Å². The van der Waals surface area contributed by atoms with Gasteiger partial charge in [-0.3, -0.25) is 29.6 Å². The van der Waals surface area contributed by atoms with E-state index in [-0.39, 0.29) is 30.8 Å². The number of thioether (sulfide) groups is 2. The van der Waals surface area contributed by atoms with Crippen molar-refractivity contribution in [1.82, 2.24) is 30.8 Å². The number of unbranched alkanes of at least 4 members (excludes halogenated alkanes) is 3. The third kappa shape index (κ3) is 10.3. The molecule has 1 aromatic heterocycles. The molecule has 3 N–H and O–H groups in total. The number of hydrazone groups is 1. The molecule has 16 heteroatoms. The minimum Gasteiger partial charge on any atom is -0.497 e. The fourth-order valence-electron chi connectivity index (χ4n) is 8.54. The van der Waals surface area contributed by atoms with Crippen molar-refractivity contribution in [2.45, 2.75) is 94.3 Å². The van der Waals surface area contributed by atoms with E-state index in [2.05, 4.69) is 91.7 Å². The summed E-state index contributed by atoms with van der Waals surface area (Å²) in [5, 5.41) is 19.4. The molecule has 0 aliphatic carbocycles. The summed E-state index contributed by atoms with van der Waals surface area (Å²) in [5.41, 5.74) is 10.5. The van der Waals surface area contributed by atoms with Crippen molar-refractivity contribution in [3.05, 3.63) is 119 Å². The van der Waals surface area contributed by atoms with Gasteiger partial charge in [0, 0.05) is 45.1 Å². The monoisotopic (exact) mass is 926 g/mol. The second kappa shape index (κ2) is 21.5. The summed E-state index contributed by atoms with van der Waals surface area (Å²) in [4.78, 5) is 40.7. The first-order valence-corrected chi connectivity index (χ1v) is 24.7. The Kier molecular flexibility index (Phi) is 15.1. The maximum Gasteiger partial charge on any atom is 0.222 e. The van der Waals surface area contributed by atoms with Gasteiger partial charge in [-0.25, -0.2) is 0 Å². The summed E-state index contributed by atoms with van der Waals surface area (Å²) in [6.45, 7) is 8.92. The predicted molar refractivity (Wildman–Crippen MR) is 265 cm³/mol. The summed E-state index contributed by atoms with van der Waals surface area (Å²) in [5.74, 6) is 5.52. The third-order valence-corrected chi connectivity index (χ3v) is 14.0. The van der Waals surface area contributed by atoms with Gasteiger partial charge in [0.25, 0.3) is 0 Å². The van der Waals surface area contributed by atoms with Crippen molar-refractivity contribution in [2.75, 3.05) is 43.7 Å². The molecule has 0 bridgehead atoms. The molecule has 14 nitrogen and oxygen atoms in total. The highest BCUT2D eigenvalue weighted by molar-refractivity contribution is 7.99. The van der Waals surface area contributed by atoms with E-state index in [1.165, 1.54) is 22.6 Å². The Morgan fingerprint density at radius 3 is 1.74 bits per heavy atom. The van der Waals surface area contributed by atoms with Gasteiger partial charge in [-0.2, -0.15) is 5.10 Å². The fourth-order valence-corrected chi connectivity index (χ4v) is 10.4. The van der Waals surface area contributed by atoms with Gasteiger partial charge in [-0.15, -0.1) is 33.7 Å². The van der Waals surface area contributed by atoms with Crippen LogP contribution in [0.3, 0.4) is 0 Å². The van der Waals surface area contributed by atoms with Crippen molar-refractivity contribution in [3.63, 3.8) is 0 Å². The van der Waals surface area contributed by atoms with Crippen molar-refractivity contribution >= 4 is 58.3 Å². The molecule has 3 atom stereocenters. The molecule has 4 heterocycles. The van der Waals surface area contributed by atoms with Gasteiger partial charge in [0.05, 0.1) is 49.9 Å². The lowest BCUT2D eigenvalue weighted by Crippen LogP contribution is -2.43. The molecule has 3 aliphatic rings. The van der Waals surface area contributed by atoms with Crippen molar-refractivity contribution in [2.24, 2.45) is 15.1 Å². The zero-order chi connectivity index (χ0) is 46.2. The predicted octanol–water partition coefficient (Wildman–Crippen LogP) is 8.27. The molecular formula is C50H58N10O4S2. The number of anilines is 1. The van der Waals surface area contributed by atoms with Gasteiger partial charge in [0.2, 0.25) is 11.8 Å². The standard InChI is InChI=1S/C50H58N10O4S2/c1-7-51-45(61)29-41-49-57-55-31(3)59(49)43-23-17-35(63-5)27-39(43)47(53-41)33-13-19-37(20-14-33)65-25-11-9-10-12-26-66-38-21-15-34(16-22-38)48-40-28-36(64-6)18-24-44(40)60-32(4)56-58-50(60)42(54-48)30-46(62)52-8-2/h13-24,27-28,31,41-42,55H,7-12,25-26,29-30H2,1-6H3,(H,51,61)(H,52,62). The van der Waals surface area contributed by atoms with Gasteiger partial charge in [0.15, 0.2) is 11.7 Å². The molecule has 0 radical (unpaired) electrons. The van der Waals surface area contributed by atoms with Crippen LogP contribution in [0.4, 0.5) is 5.69 Å². The molecule has 0 saturated carbocycles. The molecule has 0 fully saturated rings. The Bertz CT molecular complexity index is 2630. The summed E-state index contributed by atoms with van der Waals surface area (Å²) < 4.78 is 13.3. The lowest BCUT2D eigenvalue weighted by Gasteiger charge is -2.27. The Balaban J connectivity index is 0.855. The van der Waals surface area contributed by atoms with Gasteiger partial charge in [-0.1, -0.05) is 37.1 Å². The molecule has 0 spiro atoms. The molecule has 5 aromatic rings. The van der Waals surface area contributed by atoms with Crippen LogP contribution in [0.25, 0.3) is 5.69 Å². The normalized spacial score (nSPS) is 17.1. The smallest absolute Gasteiger partial charge is 0.222 e. The van der Waals surface area contributed by atoms with Crippen molar-refractivity contribution < 1.29 is 19.1 Å². The largest absolute Gasteiger partial charge is 0.497 e. The Morgan fingerprint density at radius 2 is 1.20 bits per heavy atom. The van der Waals surface area contributed by atoms with Gasteiger partial charge in [-0.05, 0) is 113 Å². The number of amides is 2. The second-order valence-electron chi connectivity index (χ2n) is 16.3. The Morgan fingerprint density at radius 1 is 0.682 bits per heavy atom.